The molecule has 1 saturated carbocycles. The van der Waals surface area contributed by atoms with Crippen LogP contribution in [0.2, 0.25) is 5.02 Å². The summed E-state index contributed by atoms with van der Waals surface area (Å²) >= 11 is 5.79. The van der Waals surface area contributed by atoms with Crippen LogP contribution in [0.15, 0.2) is 23.1 Å². The van der Waals surface area contributed by atoms with Gasteiger partial charge in [-0.15, -0.1) is 0 Å². The van der Waals surface area contributed by atoms with Crippen LogP contribution in [-0.2, 0) is 14.8 Å². The summed E-state index contributed by atoms with van der Waals surface area (Å²) in [6, 6.07) is 5.72. The highest BCUT2D eigenvalue weighted by atomic mass is 35.5. The third-order valence-corrected chi connectivity index (χ3v) is 7.08. The molecule has 2 saturated heterocycles. The molecule has 0 aromatic heterocycles. The first-order valence-electron chi connectivity index (χ1n) is 6.71. The van der Waals surface area contributed by atoms with Crippen LogP contribution in [0, 0.1) is 23.2 Å². The molecule has 0 unspecified atom stereocenters. The van der Waals surface area contributed by atoms with Crippen LogP contribution in [0.4, 0.5) is 0 Å². The Morgan fingerprint density at radius 1 is 1.55 bits per heavy atom. The molecule has 3 atom stereocenters. The van der Waals surface area contributed by atoms with Gasteiger partial charge in [-0.2, -0.15) is 9.57 Å². The highest BCUT2D eigenvalue weighted by molar-refractivity contribution is 7.89. The van der Waals surface area contributed by atoms with E-state index in [1.165, 1.54) is 18.2 Å². The number of nitrogens with zero attached hydrogens (tertiary/aromatic N) is 2. The van der Waals surface area contributed by atoms with E-state index in [2.05, 4.69) is 0 Å². The standard InChI is InChI=1S/C14H13ClN2O4S/c1-8-10-5-14(8,13(18)19)17(7-10)22(20,21)12-3-2-11(15)4-9(12)6-16/h2-4,8,10H,5,7H2,1H3,(H,18,19)/t8-,10+,14+/m1/s1. The van der Waals surface area contributed by atoms with E-state index in [0.29, 0.717) is 6.42 Å². The van der Waals surface area contributed by atoms with Crippen molar-refractivity contribution in [3.8, 4) is 6.07 Å². The molecular formula is C14H13ClN2O4S. The minimum Gasteiger partial charge on any atom is -0.480 e. The Bertz CT molecular complexity index is 817. The second kappa shape index (κ2) is 4.69. The molecule has 0 radical (unpaired) electrons. The number of carboxylic acids is 1. The first kappa shape index (κ1) is 15.3. The maximum Gasteiger partial charge on any atom is 0.325 e. The van der Waals surface area contributed by atoms with Crippen molar-refractivity contribution in [1.29, 1.82) is 5.26 Å². The highest BCUT2D eigenvalue weighted by Crippen LogP contribution is 2.57. The SMILES string of the molecule is C[C@@H]1[C@@H]2CN(S(=O)(=O)c3ccc(Cl)cc3C#N)[C@@]1(C(=O)O)C2. The fraction of sp³-hybridized carbons (Fsp3) is 0.429. The maximum absolute atomic E-state index is 12.9. The number of benzene rings is 1. The molecule has 1 aliphatic carbocycles. The van der Waals surface area contributed by atoms with Crippen LogP contribution in [0.5, 0.6) is 0 Å². The van der Waals surface area contributed by atoms with E-state index in [1.807, 2.05) is 6.07 Å². The molecule has 1 aromatic rings. The van der Waals surface area contributed by atoms with E-state index >= 15 is 0 Å². The van der Waals surface area contributed by atoms with Crippen molar-refractivity contribution in [2.24, 2.45) is 11.8 Å². The van der Waals surface area contributed by atoms with Crippen LogP contribution >= 0.6 is 11.6 Å². The molecule has 22 heavy (non-hydrogen) atoms. The van der Waals surface area contributed by atoms with Crippen molar-refractivity contribution < 1.29 is 18.3 Å². The molecule has 0 amide bonds. The summed E-state index contributed by atoms with van der Waals surface area (Å²) in [5, 5.41) is 18.9. The fourth-order valence-electron chi connectivity index (χ4n) is 3.55. The zero-order valence-corrected chi connectivity index (χ0v) is 13.2. The van der Waals surface area contributed by atoms with Gasteiger partial charge in [0, 0.05) is 11.6 Å². The number of hydrogen-bond acceptors (Lipinski definition) is 4. The van der Waals surface area contributed by atoms with Crippen LogP contribution in [-0.4, -0.2) is 35.9 Å². The van der Waals surface area contributed by atoms with E-state index in [9.17, 15) is 18.3 Å². The molecule has 6 nitrogen and oxygen atoms in total. The van der Waals surface area contributed by atoms with E-state index in [4.69, 9.17) is 16.9 Å². The monoisotopic (exact) mass is 340 g/mol. The lowest BCUT2D eigenvalue weighted by atomic mass is 9.64. The third-order valence-electron chi connectivity index (χ3n) is 4.88. The van der Waals surface area contributed by atoms with E-state index in [1.54, 1.807) is 6.92 Å². The average Bonchev–Trinajstić information content (AvgIpc) is 3.01. The molecule has 3 aliphatic rings. The Balaban J connectivity index is 2.13. The number of sulfonamides is 1. The predicted octanol–water partition coefficient (Wildman–Crippen LogP) is 1.70. The van der Waals surface area contributed by atoms with Crippen molar-refractivity contribution in [3.05, 3.63) is 28.8 Å². The summed E-state index contributed by atoms with van der Waals surface area (Å²) in [6.45, 7) is 1.92. The van der Waals surface area contributed by atoms with E-state index in [0.717, 1.165) is 4.31 Å². The summed E-state index contributed by atoms with van der Waals surface area (Å²) in [5.74, 6) is -1.33. The second-order valence-electron chi connectivity index (χ2n) is 5.77. The fourth-order valence-corrected chi connectivity index (χ4v) is 5.72. The Morgan fingerprint density at radius 2 is 2.23 bits per heavy atom. The maximum atomic E-state index is 12.9. The zero-order chi connectivity index (χ0) is 16.3. The van der Waals surface area contributed by atoms with Gasteiger partial charge in [0.15, 0.2) is 0 Å². The Labute approximate surface area is 133 Å². The van der Waals surface area contributed by atoms with Crippen molar-refractivity contribution in [3.63, 3.8) is 0 Å². The smallest absolute Gasteiger partial charge is 0.325 e. The summed E-state index contributed by atoms with van der Waals surface area (Å²) in [5.41, 5.74) is -1.47. The first-order valence-corrected chi connectivity index (χ1v) is 8.53. The predicted molar refractivity (Wildman–Crippen MR) is 77.7 cm³/mol. The highest BCUT2D eigenvalue weighted by Gasteiger charge is 2.70. The lowest BCUT2D eigenvalue weighted by Gasteiger charge is -2.43. The molecular weight excluding hydrogens is 328 g/mol. The normalized spacial score (nSPS) is 30.6. The third kappa shape index (κ3) is 1.75. The van der Waals surface area contributed by atoms with E-state index in [-0.39, 0.29) is 33.9 Å². The number of aliphatic carboxylic acids is 1. The molecule has 4 rings (SSSR count). The van der Waals surface area contributed by atoms with Gasteiger partial charge in [0.25, 0.3) is 0 Å². The van der Waals surface area contributed by atoms with Crippen molar-refractivity contribution >= 4 is 27.6 Å². The molecule has 2 aliphatic heterocycles. The minimum atomic E-state index is -4.07. The van der Waals surface area contributed by atoms with Gasteiger partial charge in [0.1, 0.15) is 16.5 Å². The molecule has 8 heteroatoms. The molecule has 2 bridgehead atoms. The number of rotatable bonds is 3. The van der Waals surface area contributed by atoms with Crippen molar-refractivity contribution in [2.45, 2.75) is 23.8 Å². The number of fused-ring (bicyclic) bond motifs is 1. The average molecular weight is 341 g/mol. The van der Waals surface area contributed by atoms with Crippen LogP contribution in [0.25, 0.3) is 0 Å². The zero-order valence-electron chi connectivity index (χ0n) is 11.7. The molecule has 1 aromatic carbocycles. The van der Waals surface area contributed by atoms with Crippen molar-refractivity contribution in [2.75, 3.05) is 6.54 Å². The number of carbonyl (C=O) groups is 1. The Hall–Kier alpha value is -1.62. The number of nitriles is 1. The quantitative estimate of drug-likeness (QED) is 0.902. The van der Waals surface area contributed by atoms with E-state index < -0.39 is 21.5 Å². The van der Waals surface area contributed by atoms with Gasteiger partial charge in [0.05, 0.1) is 5.56 Å². The first-order chi connectivity index (χ1) is 10.2. The molecule has 3 fully saturated rings. The second-order valence-corrected chi connectivity index (χ2v) is 8.04. The lowest BCUT2D eigenvalue weighted by molar-refractivity contribution is -0.154. The van der Waals surface area contributed by atoms with Crippen LogP contribution in [0.1, 0.15) is 18.9 Å². The number of hydrogen-bond donors (Lipinski definition) is 1. The molecule has 2 heterocycles. The molecule has 116 valence electrons. The van der Waals surface area contributed by atoms with Gasteiger partial charge in [-0.3, -0.25) is 4.79 Å². The Morgan fingerprint density at radius 3 is 2.77 bits per heavy atom. The van der Waals surface area contributed by atoms with Crippen molar-refractivity contribution in [1.82, 2.24) is 4.31 Å². The number of halogens is 1. The Kier molecular flexibility index (Phi) is 3.25. The van der Waals surface area contributed by atoms with Gasteiger partial charge in [-0.05, 0) is 36.5 Å². The van der Waals surface area contributed by atoms with Gasteiger partial charge in [0.2, 0.25) is 10.0 Å². The van der Waals surface area contributed by atoms with Gasteiger partial charge >= 0.3 is 5.97 Å². The van der Waals surface area contributed by atoms with Crippen LogP contribution < -0.4 is 0 Å². The summed E-state index contributed by atoms with van der Waals surface area (Å²) in [6.07, 6.45) is 0.318. The molecule has 0 spiro atoms. The van der Waals surface area contributed by atoms with Gasteiger partial charge in [-0.1, -0.05) is 18.5 Å². The lowest BCUT2D eigenvalue weighted by Crippen LogP contribution is -2.59. The molecule has 1 N–H and O–H groups in total. The van der Waals surface area contributed by atoms with Gasteiger partial charge in [-0.25, -0.2) is 8.42 Å². The summed E-state index contributed by atoms with van der Waals surface area (Å²) < 4.78 is 26.8. The summed E-state index contributed by atoms with van der Waals surface area (Å²) in [4.78, 5) is 11.5. The summed E-state index contributed by atoms with van der Waals surface area (Å²) in [7, 11) is -4.07. The topological polar surface area (TPSA) is 98.5 Å². The van der Waals surface area contributed by atoms with Crippen LogP contribution in [0.3, 0.4) is 0 Å². The van der Waals surface area contributed by atoms with Gasteiger partial charge < -0.3 is 5.11 Å². The largest absolute Gasteiger partial charge is 0.480 e. The number of carboxylic acid groups (broad SMARTS) is 1. The minimum absolute atomic E-state index is 0.0451.